The Balaban J connectivity index is 0.00000341. The van der Waals surface area contributed by atoms with E-state index in [1.54, 1.807) is 0 Å². The summed E-state index contributed by atoms with van der Waals surface area (Å²) < 4.78 is 11.8. The van der Waals surface area contributed by atoms with Crippen LogP contribution in [-0.2, 0) is 19.6 Å². The molecule has 0 aliphatic heterocycles. The van der Waals surface area contributed by atoms with E-state index >= 15 is 0 Å². The van der Waals surface area contributed by atoms with Gasteiger partial charge in [0.25, 0.3) is 0 Å². The Labute approximate surface area is 197 Å². The van der Waals surface area contributed by atoms with E-state index in [2.05, 4.69) is 42.6 Å². The zero-order valence-electron chi connectivity index (χ0n) is 18.1. The summed E-state index contributed by atoms with van der Waals surface area (Å²) in [4.78, 5) is 0. The zero-order chi connectivity index (χ0) is 21.2. The van der Waals surface area contributed by atoms with Gasteiger partial charge in [-0.05, 0) is 55.5 Å². The lowest BCUT2D eigenvalue weighted by Crippen LogP contribution is -2.26. The highest BCUT2D eigenvalue weighted by molar-refractivity contribution is 6.32. The molecule has 166 valence electrons. The molecule has 0 radical (unpaired) electrons. The summed E-state index contributed by atoms with van der Waals surface area (Å²) in [5.41, 5.74) is 3.55. The molecule has 0 saturated heterocycles. The van der Waals surface area contributed by atoms with Crippen LogP contribution in [0.25, 0.3) is 0 Å². The quantitative estimate of drug-likeness (QED) is 0.340. The maximum absolute atomic E-state index is 6.56. The van der Waals surface area contributed by atoms with Crippen LogP contribution in [0, 0.1) is 0 Å². The highest BCUT2D eigenvalue weighted by Crippen LogP contribution is 2.37. The van der Waals surface area contributed by atoms with Crippen molar-refractivity contribution in [2.45, 2.75) is 45.9 Å². The molecule has 1 N–H and O–H groups in total. The van der Waals surface area contributed by atoms with Crippen LogP contribution in [-0.4, -0.2) is 12.6 Å². The van der Waals surface area contributed by atoms with Gasteiger partial charge in [-0.25, -0.2) is 0 Å². The van der Waals surface area contributed by atoms with Crippen LogP contribution in [0.3, 0.4) is 0 Å². The van der Waals surface area contributed by atoms with Crippen molar-refractivity contribution >= 4 is 24.0 Å². The van der Waals surface area contributed by atoms with Crippen LogP contribution in [0.15, 0.2) is 72.8 Å². The Hall–Kier alpha value is -2.20. The number of aryl methyl sites for hydroxylation is 1. The van der Waals surface area contributed by atoms with Crippen molar-refractivity contribution in [3.05, 3.63) is 94.5 Å². The Morgan fingerprint density at radius 2 is 1.52 bits per heavy atom. The molecule has 0 amide bonds. The fourth-order valence-electron chi connectivity index (χ4n) is 3.28. The number of halogens is 2. The van der Waals surface area contributed by atoms with Crippen molar-refractivity contribution in [1.29, 1.82) is 0 Å². The van der Waals surface area contributed by atoms with Crippen LogP contribution >= 0.6 is 24.0 Å². The van der Waals surface area contributed by atoms with Crippen LogP contribution in [0.1, 0.15) is 37.0 Å². The van der Waals surface area contributed by atoms with E-state index in [-0.39, 0.29) is 12.4 Å². The third-order valence-electron chi connectivity index (χ3n) is 4.96. The Kier molecular flexibility index (Phi) is 10.7. The smallest absolute Gasteiger partial charge is 0.180 e. The minimum atomic E-state index is 0. The van der Waals surface area contributed by atoms with Gasteiger partial charge in [-0.15, -0.1) is 12.4 Å². The molecule has 0 saturated carbocycles. The van der Waals surface area contributed by atoms with Crippen molar-refractivity contribution in [1.82, 2.24) is 5.32 Å². The number of hydrogen-bond donors (Lipinski definition) is 1. The highest BCUT2D eigenvalue weighted by atomic mass is 35.5. The maximum atomic E-state index is 6.56. The molecule has 0 spiro atoms. The fraction of sp³-hybridized carbons (Fsp3) is 0.308. The molecule has 3 rings (SSSR count). The first kappa shape index (κ1) is 25.1. The van der Waals surface area contributed by atoms with Crippen molar-refractivity contribution in [2.75, 3.05) is 6.61 Å². The predicted octanol–water partition coefficient (Wildman–Crippen LogP) is 6.85. The normalized spacial score (nSPS) is 11.5. The minimum absolute atomic E-state index is 0. The van der Waals surface area contributed by atoms with Crippen LogP contribution in [0.4, 0.5) is 0 Å². The molecule has 0 heterocycles. The number of rotatable bonds is 11. The van der Waals surface area contributed by atoms with E-state index in [4.69, 9.17) is 21.1 Å². The third kappa shape index (κ3) is 8.10. The largest absolute Gasteiger partial charge is 0.490 e. The van der Waals surface area contributed by atoms with E-state index in [9.17, 15) is 0 Å². The van der Waals surface area contributed by atoms with E-state index in [1.807, 2.05) is 49.4 Å². The first-order valence-electron chi connectivity index (χ1n) is 10.5. The van der Waals surface area contributed by atoms with Gasteiger partial charge in [-0.1, -0.05) is 72.3 Å². The van der Waals surface area contributed by atoms with Gasteiger partial charge in [0, 0.05) is 12.6 Å². The molecule has 5 heteroatoms. The summed E-state index contributed by atoms with van der Waals surface area (Å²) >= 11 is 6.56. The third-order valence-corrected chi connectivity index (χ3v) is 5.24. The summed E-state index contributed by atoms with van der Waals surface area (Å²) in [7, 11) is 0. The van der Waals surface area contributed by atoms with E-state index in [0.717, 1.165) is 30.5 Å². The standard InChI is InChI=1S/C26H30ClNO2.ClH/c1-3-29-25-17-23(18-28-20(2)14-15-21-10-6-4-7-11-21)16-24(27)26(25)30-19-22-12-8-5-9-13-22;/h4-13,16-17,20,28H,3,14-15,18-19H2,1-2H3;1H. The molecule has 3 nitrogen and oxygen atoms in total. The molecule has 1 unspecified atom stereocenters. The second-order valence-corrected chi connectivity index (χ2v) is 7.83. The molecular weight excluding hydrogens is 429 g/mol. The van der Waals surface area contributed by atoms with Gasteiger partial charge in [0.05, 0.1) is 11.6 Å². The second kappa shape index (κ2) is 13.3. The maximum Gasteiger partial charge on any atom is 0.180 e. The molecule has 0 aliphatic carbocycles. The van der Waals surface area contributed by atoms with Crippen LogP contribution in [0.5, 0.6) is 11.5 Å². The van der Waals surface area contributed by atoms with Gasteiger partial charge < -0.3 is 14.8 Å². The van der Waals surface area contributed by atoms with Gasteiger partial charge in [0.1, 0.15) is 6.61 Å². The van der Waals surface area contributed by atoms with Gasteiger partial charge in [-0.3, -0.25) is 0 Å². The van der Waals surface area contributed by atoms with Crippen LogP contribution < -0.4 is 14.8 Å². The molecule has 0 fully saturated rings. The Bertz CT molecular complexity index is 904. The SMILES string of the molecule is CCOc1cc(CNC(C)CCc2ccccc2)cc(Cl)c1OCc1ccccc1.Cl. The molecule has 3 aromatic carbocycles. The van der Waals surface area contributed by atoms with Crippen molar-refractivity contribution in [3.8, 4) is 11.5 Å². The lowest BCUT2D eigenvalue weighted by molar-refractivity contribution is 0.269. The first-order chi connectivity index (χ1) is 14.7. The zero-order valence-corrected chi connectivity index (χ0v) is 19.7. The lowest BCUT2D eigenvalue weighted by atomic mass is 10.1. The van der Waals surface area contributed by atoms with Crippen molar-refractivity contribution < 1.29 is 9.47 Å². The van der Waals surface area contributed by atoms with Gasteiger partial charge in [0.15, 0.2) is 11.5 Å². The molecule has 0 aliphatic rings. The van der Waals surface area contributed by atoms with Gasteiger partial charge in [-0.2, -0.15) is 0 Å². The fourth-order valence-corrected chi connectivity index (χ4v) is 3.57. The average Bonchev–Trinajstić information content (AvgIpc) is 2.77. The summed E-state index contributed by atoms with van der Waals surface area (Å²) in [5.74, 6) is 1.29. The predicted molar refractivity (Wildman–Crippen MR) is 132 cm³/mol. The van der Waals surface area contributed by atoms with E-state index in [0.29, 0.717) is 35.8 Å². The first-order valence-corrected chi connectivity index (χ1v) is 10.9. The summed E-state index contributed by atoms with van der Waals surface area (Å²) in [6.07, 6.45) is 2.14. The van der Waals surface area contributed by atoms with Crippen LogP contribution in [0.2, 0.25) is 5.02 Å². The molecule has 0 bridgehead atoms. The number of nitrogens with one attached hydrogen (secondary N) is 1. The Morgan fingerprint density at radius 3 is 2.16 bits per heavy atom. The molecule has 1 atom stereocenters. The Morgan fingerprint density at radius 1 is 0.871 bits per heavy atom. The molecule has 31 heavy (non-hydrogen) atoms. The number of hydrogen-bond acceptors (Lipinski definition) is 3. The summed E-state index contributed by atoms with van der Waals surface area (Å²) in [6, 6.07) is 25.0. The minimum Gasteiger partial charge on any atom is -0.490 e. The summed E-state index contributed by atoms with van der Waals surface area (Å²) in [5, 5.41) is 4.16. The van der Waals surface area contributed by atoms with Gasteiger partial charge >= 0.3 is 0 Å². The molecular formula is C26H31Cl2NO2. The molecule has 3 aromatic rings. The number of benzene rings is 3. The van der Waals surface area contributed by atoms with E-state index in [1.165, 1.54) is 5.56 Å². The van der Waals surface area contributed by atoms with Crippen molar-refractivity contribution in [2.24, 2.45) is 0 Å². The number of ether oxygens (including phenoxy) is 2. The monoisotopic (exact) mass is 459 g/mol. The summed E-state index contributed by atoms with van der Waals surface area (Å²) in [6.45, 7) is 5.92. The second-order valence-electron chi connectivity index (χ2n) is 7.42. The van der Waals surface area contributed by atoms with Crippen molar-refractivity contribution in [3.63, 3.8) is 0 Å². The highest BCUT2D eigenvalue weighted by Gasteiger charge is 2.13. The average molecular weight is 460 g/mol. The lowest BCUT2D eigenvalue weighted by Gasteiger charge is -2.17. The topological polar surface area (TPSA) is 30.5 Å². The molecule has 0 aromatic heterocycles. The van der Waals surface area contributed by atoms with Gasteiger partial charge in [0.2, 0.25) is 0 Å². The van der Waals surface area contributed by atoms with E-state index < -0.39 is 0 Å².